The van der Waals surface area contributed by atoms with Crippen LogP contribution in [0.5, 0.6) is 0 Å². The van der Waals surface area contributed by atoms with Gasteiger partial charge in [0.15, 0.2) is 0 Å². The van der Waals surface area contributed by atoms with E-state index in [1.54, 1.807) is 29.2 Å². The Labute approximate surface area is 207 Å². The molecule has 1 aliphatic rings. The molecule has 4 rings (SSSR count). The number of halogens is 1. The lowest BCUT2D eigenvalue weighted by atomic mass is 10.0. The van der Waals surface area contributed by atoms with E-state index in [0.717, 1.165) is 11.1 Å². The van der Waals surface area contributed by atoms with E-state index in [1.165, 1.54) is 12.1 Å². The van der Waals surface area contributed by atoms with Crippen LogP contribution in [0.1, 0.15) is 24.0 Å². The minimum absolute atomic E-state index is 0.00545. The van der Waals surface area contributed by atoms with E-state index in [-0.39, 0.29) is 28.3 Å². The van der Waals surface area contributed by atoms with Crippen molar-refractivity contribution in [2.75, 3.05) is 28.0 Å². The molecule has 0 unspecified atom stereocenters. The van der Waals surface area contributed by atoms with Gasteiger partial charge in [-0.3, -0.25) is 14.3 Å². The number of nitrogens with one attached hydrogen (secondary N) is 3. The number of anilines is 3. The molecule has 0 saturated carbocycles. The molecule has 0 spiro atoms. The van der Waals surface area contributed by atoms with Gasteiger partial charge in [-0.1, -0.05) is 35.4 Å². The second-order valence-corrected chi connectivity index (χ2v) is 10.7. The molecular formula is C24H25ClN4O5S. The first-order valence-electron chi connectivity index (χ1n) is 11.1. The molecule has 2 amide bonds. The lowest BCUT2D eigenvalue weighted by Crippen LogP contribution is -2.50. The van der Waals surface area contributed by atoms with Crippen LogP contribution in [0.3, 0.4) is 0 Å². The third kappa shape index (κ3) is 5.33. The smallest absolute Gasteiger partial charge is 0.319 e. The first kappa shape index (κ1) is 24.7. The fraction of sp³-hybridized carbons (Fsp3) is 0.292. The summed E-state index contributed by atoms with van der Waals surface area (Å²) in [6, 6.07) is 10.9. The first-order chi connectivity index (χ1) is 16.5. The highest BCUT2D eigenvalue weighted by molar-refractivity contribution is 7.92. The molecule has 184 valence electrons. The predicted molar refractivity (Wildman–Crippen MR) is 137 cm³/mol. The van der Waals surface area contributed by atoms with E-state index in [9.17, 15) is 22.8 Å². The summed E-state index contributed by atoms with van der Waals surface area (Å²) in [5.74, 6) is 0. The summed E-state index contributed by atoms with van der Waals surface area (Å²) >= 11 is 6.09. The molecule has 3 aromatic rings. The highest BCUT2D eigenvalue weighted by atomic mass is 35.5. The average molecular weight is 517 g/mol. The Balaban J connectivity index is 1.37. The Morgan fingerprint density at radius 1 is 1.00 bits per heavy atom. The first-order valence-corrected chi connectivity index (χ1v) is 12.9. The number of rotatable bonds is 6. The number of amides is 2. The average Bonchev–Trinajstić information content (AvgIpc) is 2.82. The summed E-state index contributed by atoms with van der Waals surface area (Å²) in [6.45, 7) is 4.46. The third-order valence-corrected chi connectivity index (χ3v) is 7.80. The van der Waals surface area contributed by atoms with Gasteiger partial charge in [0.25, 0.3) is 20.9 Å². The predicted octanol–water partition coefficient (Wildman–Crippen LogP) is 3.14. The summed E-state index contributed by atoms with van der Waals surface area (Å²) in [4.78, 5) is 38.5. The Kier molecular flexibility index (Phi) is 6.86. The van der Waals surface area contributed by atoms with Crippen molar-refractivity contribution in [1.82, 2.24) is 5.32 Å². The van der Waals surface area contributed by atoms with Crippen molar-refractivity contribution in [3.05, 3.63) is 79.1 Å². The lowest BCUT2D eigenvalue weighted by molar-refractivity contribution is 0.246. The van der Waals surface area contributed by atoms with Crippen molar-refractivity contribution in [2.45, 2.75) is 37.6 Å². The van der Waals surface area contributed by atoms with Crippen LogP contribution in [0, 0.1) is 13.8 Å². The Bertz CT molecular complexity index is 1440. The quantitative estimate of drug-likeness (QED) is 0.432. The highest BCUT2D eigenvalue weighted by Gasteiger charge is 2.32. The normalized spacial score (nSPS) is 14.7. The van der Waals surface area contributed by atoms with Gasteiger partial charge in [0.2, 0.25) is 0 Å². The topological polar surface area (TPSA) is 125 Å². The SMILES string of the molecule is Cc1ccc(S(=O)(=O)Nc2c(N3CCC(NC(=O)Nc4ccc(C)c(Cl)c4)CC3)c(=O)c2=O)cc1. The molecule has 0 aliphatic carbocycles. The van der Waals surface area contributed by atoms with Crippen LogP contribution in [-0.4, -0.2) is 33.6 Å². The molecular weight excluding hydrogens is 492 g/mol. The lowest BCUT2D eigenvalue weighted by Gasteiger charge is -2.35. The number of hydrogen-bond donors (Lipinski definition) is 3. The fourth-order valence-corrected chi connectivity index (χ4v) is 5.21. The Morgan fingerprint density at radius 2 is 1.66 bits per heavy atom. The maximum atomic E-state index is 12.7. The summed E-state index contributed by atoms with van der Waals surface area (Å²) < 4.78 is 27.7. The van der Waals surface area contributed by atoms with Gasteiger partial charge in [0.1, 0.15) is 11.4 Å². The van der Waals surface area contributed by atoms with Crippen molar-refractivity contribution in [2.24, 2.45) is 0 Å². The number of hydrogen-bond acceptors (Lipinski definition) is 6. The molecule has 1 saturated heterocycles. The summed E-state index contributed by atoms with van der Waals surface area (Å²) in [7, 11) is -4.01. The Hall–Kier alpha value is -3.37. The number of nitrogens with zero attached hydrogens (tertiary/aromatic N) is 1. The van der Waals surface area contributed by atoms with Crippen molar-refractivity contribution >= 4 is 44.7 Å². The van der Waals surface area contributed by atoms with Gasteiger partial charge in [-0.2, -0.15) is 0 Å². The molecule has 0 aromatic heterocycles. The molecule has 1 aliphatic heterocycles. The second kappa shape index (κ2) is 9.71. The molecule has 3 N–H and O–H groups in total. The molecule has 0 atom stereocenters. The van der Waals surface area contributed by atoms with Gasteiger partial charge in [-0.25, -0.2) is 13.2 Å². The standard InChI is InChI=1S/C24H25ClN4O5S/c1-14-3-7-18(8-4-14)35(33,34)28-20-21(23(31)22(20)30)29-11-9-16(10-12-29)26-24(32)27-17-6-5-15(2)19(25)13-17/h3-8,13,16,28H,9-12H2,1-2H3,(H2,26,27,32). The minimum Gasteiger partial charge on any atom is -0.366 e. The van der Waals surface area contributed by atoms with Gasteiger partial charge in [0, 0.05) is 29.8 Å². The molecule has 9 nitrogen and oxygen atoms in total. The number of benzene rings is 2. The van der Waals surface area contributed by atoms with E-state index in [4.69, 9.17) is 11.6 Å². The number of aryl methyl sites for hydroxylation is 2. The number of carbonyl (C=O) groups is 1. The molecule has 1 heterocycles. The zero-order valence-corrected chi connectivity index (χ0v) is 20.8. The third-order valence-electron chi connectivity index (χ3n) is 6.03. The Morgan fingerprint density at radius 3 is 2.29 bits per heavy atom. The van der Waals surface area contributed by atoms with Crippen LogP contribution in [0.15, 0.2) is 56.9 Å². The largest absolute Gasteiger partial charge is 0.366 e. The number of piperidine rings is 1. The molecule has 3 aromatic carbocycles. The van der Waals surface area contributed by atoms with Gasteiger partial charge < -0.3 is 15.5 Å². The van der Waals surface area contributed by atoms with Crippen LogP contribution < -0.4 is 31.1 Å². The van der Waals surface area contributed by atoms with Gasteiger partial charge in [-0.05, 0) is 56.5 Å². The van der Waals surface area contributed by atoms with Crippen molar-refractivity contribution in [3.8, 4) is 0 Å². The summed E-state index contributed by atoms with van der Waals surface area (Å²) in [5.41, 5.74) is 0.665. The summed E-state index contributed by atoms with van der Waals surface area (Å²) in [6.07, 6.45) is 1.04. The van der Waals surface area contributed by atoms with E-state index < -0.39 is 20.9 Å². The van der Waals surface area contributed by atoms with Gasteiger partial charge in [0.05, 0.1) is 4.90 Å². The van der Waals surface area contributed by atoms with Crippen LogP contribution >= 0.6 is 11.6 Å². The van der Waals surface area contributed by atoms with Crippen LogP contribution in [0.2, 0.25) is 5.02 Å². The maximum Gasteiger partial charge on any atom is 0.319 e. The van der Waals surface area contributed by atoms with Gasteiger partial charge >= 0.3 is 6.03 Å². The van der Waals surface area contributed by atoms with Crippen LogP contribution in [-0.2, 0) is 10.0 Å². The van der Waals surface area contributed by atoms with Crippen molar-refractivity contribution in [1.29, 1.82) is 0 Å². The number of urea groups is 1. The van der Waals surface area contributed by atoms with Crippen LogP contribution in [0.25, 0.3) is 0 Å². The molecule has 0 bridgehead atoms. The van der Waals surface area contributed by atoms with E-state index in [0.29, 0.717) is 36.6 Å². The molecule has 11 heteroatoms. The van der Waals surface area contributed by atoms with E-state index >= 15 is 0 Å². The molecule has 1 fully saturated rings. The van der Waals surface area contributed by atoms with Crippen molar-refractivity contribution < 1.29 is 13.2 Å². The number of carbonyl (C=O) groups excluding carboxylic acids is 1. The van der Waals surface area contributed by atoms with Crippen molar-refractivity contribution in [3.63, 3.8) is 0 Å². The highest BCUT2D eigenvalue weighted by Crippen LogP contribution is 2.27. The second-order valence-electron chi connectivity index (χ2n) is 8.62. The number of sulfonamides is 1. The minimum atomic E-state index is -4.01. The fourth-order valence-electron chi connectivity index (χ4n) is 3.96. The van der Waals surface area contributed by atoms with Crippen LogP contribution in [0.4, 0.5) is 21.9 Å². The molecule has 35 heavy (non-hydrogen) atoms. The van der Waals surface area contributed by atoms with Gasteiger partial charge in [-0.15, -0.1) is 0 Å². The zero-order chi connectivity index (χ0) is 25.3. The zero-order valence-electron chi connectivity index (χ0n) is 19.2. The molecule has 0 radical (unpaired) electrons. The summed E-state index contributed by atoms with van der Waals surface area (Å²) in [5, 5.41) is 6.19. The maximum absolute atomic E-state index is 12.7. The van der Waals surface area contributed by atoms with E-state index in [2.05, 4.69) is 15.4 Å². The monoisotopic (exact) mass is 516 g/mol. The van der Waals surface area contributed by atoms with E-state index in [1.807, 2.05) is 19.9 Å².